The zero-order valence-corrected chi connectivity index (χ0v) is 15.2. The van der Waals surface area contributed by atoms with Crippen molar-refractivity contribution in [3.8, 4) is 22.6 Å². The zero-order chi connectivity index (χ0) is 17.9. The molecule has 1 saturated heterocycles. The third-order valence-corrected chi connectivity index (χ3v) is 4.85. The molecule has 4 rings (SSSR count). The van der Waals surface area contributed by atoms with Crippen LogP contribution in [0.25, 0.3) is 22.0 Å². The van der Waals surface area contributed by atoms with Crippen LogP contribution in [0, 0.1) is 0 Å². The van der Waals surface area contributed by atoms with Gasteiger partial charge >= 0.3 is 0 Å². The lowest BCUT2D eigenvalue weighted by atomic mass is 10.0. The van der Waals surface area contributed by atoms with Crippen molar-refractivity contribution < 1.29 is 9.47 Å². The zero-order valence-electron chi connectivity index (χ0n) is 15.2. The first-order chi connectivity index (χ1) is 12.8. The van der Waals surface area contributed by atoms with Gasteiger partial charge in [0.25, 0.3) is 0 Å². The first kappa shape index (κ1) is 16.7. The molecule has 1 aromatic heterocycles. The standard InChI is InChI=1S/C21H23N3O2/c1-25-16-7-8-17(19(14-16)26-2)18-5-3-4-15-6-9-20(23-21(15)18)24-12-10-22-11-13-24/h3-9,14,22H,10-13H2,1-2H3. The maximum absolute atomic E-state index is 5.61. The second-order valence-corrected chi connectivity index (χ2v) is 6.35. The van der Waals surface area contributed by atoms with Gasteiger partial charge in [0.2, 0.25) is 0 Å². The summed E-state index contributed by atoms with van der Waals surface area (Å²) in [5.74, 6) is 2.59. The molecule has 134 valence electrons. The predicted octanol–water partition coefficient (Wildman–Crippen LogP) is 3.33. The van der Waals surface area contributed by atoms with E-state index in [0.29, 0.717) is 0 Å². The van der Waals surface area contributed by atoms with Crippen LogP contribution in [0.1, 0.15) is 0 Å². The number of hydrogen-bond acceptors (Lipinski definition) is 5. The highest BCUT2D eigenvalue weighted by molar-refractivity contribution is 5.96. The molecule has 1 fully saturated rings. The first-order valence-corrected chi connectivity index (χ1v) is 8.88. The predicted molar refractivity (Wildman–Crippen MR) is 105 cm³/mol. The van der Waals surface area contributed by atoms with E-state index in [1.54, 1.807) is 14.2 Å². The van der Waals surface area contributed by atoms with E-state index in [9.17, 15) is 0 Å². The average Bonchev–Trinajstić information content (AvgIpc) is 2.73. The van der Waals surface area contributed by atoms with Crippen LogP contribution in [0.4, 0.5) is 5.82 Å². The molecule has 1 aliphatic heterocycles. The van der Waals surface area contributed by atoms with E-state index in [2.05, 4.69) is 40.5 Å². The number of benzene rings is 2. The second-order valence-electron chi connectivity index (χ2n) is 6.35. The highest BCUT2D eigenvalue weighted by Gasteiger charge is 2.15. The lowest BCUT2D eigenvalue weighted by Crippen LogP contribution is -2.43. The minimum atomic E-state index is 0.778. The monoisotopic (exact) mass is 349 g/mol. The van der Waals surface area contributed by atoms with Gasteiger partial charge in [-0.3, -0.25) is 0 Å². The molecule has 1 N–H and O–H groups in total. The molecular weight excluding hydrogens is 326 g/mol. The summed E-state index contributed by atoms with van der Waals surface area (Å²) in [4.78, 5) is 7.34. The Hall–Kier alpha value is -2.79. The van der Waals surface area contributed by atoms with E-state index in [1.165, 1.54) is 0 Å². The number of pyridine rings is 1. The van der Waals surface area contributed by atoms with E-state index in [0.717, 1.165) is 65.5 Å². The number of aromatic nitrogens is 1. The largest absolute Gasteiger partial charge is 0.497 e. The fourth-order valence-electron chi connectivity index (χ4n) is 3.45. The number of nitrogens with zero attached hydrogens (tertiary/aromatic N) is 2. The van der Waals surface area contributed by atoms with Crippen LogP contribution in [0.3, 0.4) is 0 Å². The molecule has 5 heteroatoms. The van der Waals surface area contributed by atoms with Crippen LogP contribution in [-0.4, -0.2) is 45.4 Å². The van der Waals surface area contributed by atoms with Crippen LogP contribution in [0.5, 0.6) is 11.5 Å². The summed E-state index contributed by atoms with van der Waals surface area (Å²) >= 11 is 0. The Labute approximate surface area is 153 Å². The van der Waals surface area contributed by atoms with Crippen molar-refractivity contribution >= 4 is 16.7 Å². The molecule has 1 aliphatic rings. The number of nitrogens with one attached hydrogen (secondary N) is 1. The van der Waals surface area contributed by atoms with E-state index < -0.39 is 0 Å². The lowest BCUT2D eigenvalue weighted by molar-refractivity contribution is 0.395. The van der Waals surface area contributed by atoms with Gasteiger partial charge in [0, 0.05) is 48.8 Å². The van der Waals surface area contributed by atoms with Gasteiger partial charge in [-0.15, -0.1) is 0 Å². The molecule has 3 aromatic rings. The van der Waals surface area contributed by atoms with Crippen LogP contribution < -0.4 is 19.7 Å². The van der Waals surface area contributed by atoms with E-state index >= 15 is 0 Å². The number of piperazine rings is 1. The molecule has 0 atom stereocenters. The summed E-state index contributed by atoms with van der Waals surface area (Å²) in [7, 11) is 3.34. The van der Waals surface area contributed by atoms with E-state index in [-0.39, 0.29) is 0 Å². The first-order valence-electron chi connectivity index (χ1n) is 8.88. The number of methoxy groups -OCH3 is 2. The van der Waals surface area contributed by atoms with Crippen LogP contribution in [0.15, 0.2) is 48.5 Å². The van der Waals surface area contributed by atoms with Gasteiger partial charge in [0.1, 0.15) is 17.3 Å². The van der Waals surface area contributed by atoms with Gasteiger partial charge in [0.05, 0.1) is 19.7 Å². The van der Waals surface area contributed by atoms with Crippen molar-refractivity contribution in [3.05, 3.63) is 48.5 Å². The highest BCUT2D eigenvalue weighted by atomic mass is 16.5. The fourth-order valence-corrected chi connectivity index (χ4v) is 3.45. The van der Waals surface area contributed by atoms with Gasteiger partial charge in [0.15, 0.2) is 0 Å². The van der Waals surface area contributed by atoms with Gasteiger partial charge in [-0.25, -0.2) is 4.98 Å². The summed E-state index contributed by atoms with van der Waals surface area (Å²) in [6, 6.07) is 16.4. The number of para-hydroxylation sites is 1. The fraction of sp³-hybridized carbons (Fsp3) is 0.286. The normalized spacial score (nSPS) is 14.5. The number of ether oxygens (including phenoxy) is 2. The van der Waals surface area contributed by atoms with Crippen molar-refractivity contribution in [1.82, 2.24) is 10.3 Å². The lowest BCUT2D eigenvalue weighted by Gasteiger charge is -2.28. The Balaban J connectivity index is 1.84. The van der Waals surface area contributed by atoms with Crippen LogP contribution in [-0.2, 0) is 0 Å². The Morgan fingerprint density at radius 3 is 2.54 bits per heavy atom. The molecule has 0 unspecified atom stereocenters. The van der Waals surface area contributed by atoms with Gasteiger partial charge < -0.3 is 19.7 Å². The number of fused-ring (bicyclic) bond motifs is 1. The molecule has 0 spiro atoms. The average molecular weight is 349 g/mol. The number of rotatable bonds is 4. The molecule has 0 aliphatic carbocycles. The van der Waals surface area contributed by atoms with E-state index in [4.69, 9.17) is 14.5 Å². The van der Waals surface area contributed by atoms with Crippen molar-refractivity contribution in [2.24, 2.45) is 0 Å². The molecule has 0 saturated carbocycles. The Morgan fingerprint density at radius 1 is 0.923 bits per heavy atom. The molecule has 26 heavy (non-hydrogen) atoms. The quantitative estimate of drug-likeness (QED) is 0.783. The molecule has 5 nitrogen and oxygen atoms in total. The maximum atomic E-state index is 5.61. The highest BCUT2D eigenvalue weighted by Crippen LogP contribution is 2.37. The van der Waals surface area contributed by atoms with E-state index in [1.807, 2.05) is 18.2 Å². The SMILES string of the molecule is COc1ccc(-c2cccc3ccc(N4CCNCC4)nc23)c(OC)c1. The van der Waals surface area contributed by atoms with Crippen molar-refractivity contribution in [1.29, 1.82) is 0 Å². The second kappa shape index (κ2) is 7.22. The molecule has 2 aromatic carbocycles. The third-order valence-electron chi connectivity index (χ3n) is 4.85. The third kappa shape index (κ3) is 3.06. The van der Waals surface area contributed by atoms with Gasteiger partial charge in [-0.05, 0) is 24.3 Å². The Kier molecular flexibility index (Phi) is 4.63. The maximum Gasteiger partial charge on any atom is 0.130 e. The summed E-state index contributed by atoms with van der Waals surface area (Å²) in [5.41, 5.74) is 3.08. The molecule has 0 amide bonds. The number of hydrogen-bond donors (Lipinski definition) is 1. The molecular formula is C21H23N3O2. The molecule has 2 heterocycles. The topological polar surface area (TPSA) is 46.6 Å². The summed E-state index contributed by atoms with van der Waals surface area (Å²) < 4.78 is 10.9. The summed E-state index contributed by atoms with van der Waals surface area (Å²) in [6.07, 6.45) is 0. The smallest absolute Gasteiger partial charge is 0.130 e. The van der Waals surface area contributed by atoms with Crippen molar-refractivity contribution in [2.45, 2.75) is 0 Å². The van der Waals surface area contributed by atoms with Gasteiger partial charge in [-0.1, -0.05) is 18.2 Å². The molecule has 0 radical (unpaired) electrons. The Bertz CT molecular complexity index is 920. The van der Waals surface area contributed by atoms with Crippen molar-refractivity contribution in [3.63, 3.8) is 0 Å². The van der Waals surface area contributed by atoms with Crippen LogP contribution in [0.2, 0.25) is 0 Å². The van der Waals surface area contributed by atoms with Crippen molar-refractivity contribution in [2.75, 3.05) is 45.3 Å². The van der Waals surface area contributed by atoms with Crippen LogP contribution >= 0.6 is 0 Å². The summed E-state index contributed by atoms with van der Waals surface area (Å²) in [6.45, 7) is 3.94. The Morgan fingerprint density at radius 2 is 1.77 bits per heavy atom. The van der Waals surface area contributed by atoms with Gasteiger partial charge in [-0.2, -0.15) is 0 Å². The minimum Gasteiger partial charge on any atom is -0.497 e. The summed E-state index contributed by atoms with van der Waals surface area (Å²) in [5, 5.41) is 4.51. The minimum absolute atomic E-state index is 0.778. The molecule has 0 bridgehead atoms. The number of anilines is 1.